The second kappa shape index (κ2) is 9.51. The van der Waals surface area contributed by atoms with Gasteiger partial charge in [0.05, 0.1) is 38.3 Å². The Morgan fingerprint density at radius 3 is 2.27 bits per heavy atom. The van der Waals surface area contributed by atoms with E-state index in [2.05, 4.69) is 17.1 Å². The van der Waals surface area contributed by atoms with Crippen LogP contribution in [0.3, 0.4) is 0 Å². The van der Waals surface area contributed by atoms with Crippen LogP contribution < -0.4 is 24.5 Å². The van der Waals surface area contributed by atoms with Crippen molar-refractivity contribution in [2.45, 2.75) is 39.7 Å². The van der Waals surface area contributed by atoms with Crippen molar-refractivity contribution >= 4 is 33.3 Å². The molecule has 37 heavy (non-hydrogen) atoms. The van der Waals surface area contributed by atoms with Gasteiger partial charge in [0.1, 0.15) is 10.6 Å². The molecule has 1 unspecified atom stereocenters. The fraction of sp³-hybridized carbons (Fsp3) is 0.333. The number of aromatic nitrogens is 2. The number of ether oxygens (including phenoxy) is 3. The lowest BCUT2D eigenvalue weighted by atomic mass is 9.97. The Hall–Kier alpha value is -3.92. The van der Waals surface area contributed by atoms with Gasteiger partial charge in [0.25, 0.3) is 5.91 Å². The standard InChI is InChI=1S/C27H27N3O6S/c1-7-8-20-28-29-27(37-20)30-22(15-11-18(33-4)24(35-6)19(12-15)34-5)21-23(31)16-9-13(2)14(3)10-17(16)36-25(21)26(30)32/h9-12,22H,7-8H2,1-6H3. The second-order valence-corrected chi connectivity index (χ2v) is 9.91. The Labute approximate surface area is 217 Å². The lowest BCUT2D eigenvalue weighted by Crippen LogP contribution is -2.29. The highest BCUT2D eigenvalue weighted by Gasteiger charge is 2.45. The molecule has 0 saturated heterocycles. The smallest absolute Gasteiger partial charge is 0.297 e. The van der Waals surface area contributed by atoms with E-state index in [0.717, 1.165) is 29.0 Å². The van der Waals surface area contributed by atoms with E-state index < -0.39 is 11.9 Å². The Morgan fingerprint density at radius 1 is 0.973 bits per heavy atom. The van der Waals surface area contributed by atoms with Crippen LogP contribution in [0.15, 0.2) is 33.5 Å². The van der Waals surface area contributed by atoms with Crippen LogP contribution in [0, 0.1) is 13.8 Å². The van der Waals surface area contributed by atoms with Gasteiger partial charge in [0.15, 0.2) is 16.9 Å². The first kappa shape index (κ1) is 24.8. The van der Waals surface area contributed by atoms with E-state index in [0.29, 0.717) is 38.9 Å². The first-order valence-corrected chi connectivity index (χ1v) is 12.7. The van der Waals surface area contributed by atoms with Crippen molar-refractivity contribution in [2.75, 3.05) is 26.2 Å². The maximum atomic E-state index is 14.0. The Kier molecular flexibility index (Phi) is 6.36. The molecule has 0 fully saturated rings. The van der Waals surface area contributed by atoms with E-state index in [9.17, 15) is 9.59 Å². The quantitative estimate of drug-likeness (QED) is 0.335. The molecule has 0 radical (unpaired) electrons. The van der Waals surface area contributed by atoms with Crippen LogP contribution >= 0.6 is 11.3 Å². The number of benzene rings is 2. The number of nitrogens with zero attached hydrogens (tertiary/aromatic N) is 3. The maximum absolute atomic E-state index is 14.0. The van der Waals surface area contributed by atoms with Crippen LogP contribution in [0.2, 0.25) is 0 Å². The summed E-state index contributed by atoms with van der Waals surface area (Å²) in [5.74, 6) is 0.746. The molecular weight excluding hydrogens is 494 g/mol. The molecule has 0 spiro atoms. The third-order valence-electron chi connectivity index (χ3n) is 6.62. The van der Waals surface area contributed by atoms with E-state index in [1.165, 1.54) is 37.6 Å². The summed E-state index contributed by atoms with van der Waals surface area (Å²) >= 11 is 1.32. The SMILES string of the molecule is CCCc1nnc(N2C(=O)c3oc4cc(C)c(C)cc4c(=O)c3C2c2cc(OC)c(OC)c(OC)c2)s1. The van der Waals surface area contributed by atoms with Crippen molar-refractivity contribution in [3.8, 4) is 17.2 Å². The monoisotopic (exact) mass is 521 g/mol. The molecule has 1 atom stereocenters. The number of rotatable bonds is 7. The zero-order valence-electron chi connectivity index (χ0n) is 21.5. The number of carbonyl (C=O) groups is 1. The molecule has 9 nitrogen and oxygen atoms in total. The number of carbonyl (C=O) groups excluding carboxylic acids is 1. The van der Waals surface area contributed by atoms with Gasteiger partial charge in [-0.05, 0) is 61.2 Å². The van der Waals surface area contributed by atoms with E-state index in [-0.39, 0.29) is 16.8 Å². The molecule has 10 heteroatoms. The van der Waals surface area contributed by atoms with Crippen LogP contribution in [0.1, 0.15) is 57.2 Å². The zero-order valence-corrected chi connectivity index (χ0v) is 22.3. The molecular formula is C27H27N3O6S. The highest BCUT2D eigenvalue weighted by atomic mass is 32.1. The Balaban J connectivity index is 1.81. The van der Waals surface area contributed by atoms with Crippen LogP contribution in [0.5, 0.6) is 17.2 Å². The van der Waals surface area contributed by atoms with Gasteiger partial charge in [-0.2, -0.15) is 0 Å². The largest absolute Gasteiger partial charge is 0.493 e. The third-order valence-corrected chi connectivity index (χ3v) is 7.60. The first-order valence-electron chi connectivity index (χ1n) is 11.9. The molecule has 2 aromatic carbocycles. The number of fused-ring (bicyclic) bond motifs is 2. The minimum Gasteiger partial charge on any atom is -0.493 e. The summed E-state index contributed by atoms with van der Waals surface area (Å²) in [6.07, 6.45) is 1.63. The number of hydrogen-bond donors (Lipinski definition) is 0. The van der Waals surface area contributed by atoms with Crippen molar-refractivity contribution in [3.05, 3.63) is 67.5 Å². The molecule has 1 aliphatic heterocycles. The van der Waals surface area contributed by atoms with Gasteiger partial charge in [0.2, 0.25) is 16.6 Å². The van der Waals surface area contributed by atoms with Crippen LogP contribution in [-0.2, 0) is 6.42 Å². The molecule has 3 heterocycles. The van der Waals surface area contributed by atoms with Crippen molar-refractivity contribution in [1.29, 1.82) is 0 Å². The van der Waals surface area contributed by atoms with Crippen molar-refractivity contribution in [3.63, 3.8) is 0 Å². The van der Waals surface area contributed by atoms with Crippen molar-refractivity contribution in [2.24, 2.45) is 0 Å². The molecule has 0 N–H and O–H groups in total. The van der Waals surface area contributed by atoms with Crippen molar-refractivity contribution in [1.82, 2.24) is 10.2 Å². The van der Waals surface area contributed by atoms with Crippen LogP contribution in [0.25, 0.3) is 11.0 Å². The number of hydrogen-bond acceptors (Lipinski definition) is 9. The molecule has 5 rings (SSSR count). The number of methoxy groups -OCH3 is 3. The van der Waals surface area contributed by atoms with Gasteiger partial charge in [-0.15, -0.1) is 10.2 Å². The summed E-state index contributed by atoms with van der Waals surface area (Å²) in [7, 11) is 4.55. The predicted octanol–water partition coefficient (Wildman–Crippen LogP) is 4.99. The summed E-state index contributed by atoms with van der Waals surface area (Å²) in [5.41, 5.74) is 2.85. The summed E-state index contributed by atoms with van der Waals surface area (Å²) in [6.45, 7) is 5.92. The summed E-state index contributed by atoms with van der Waals surface area (Å²) in [5, 5.41) is 10.2. The molecule has 0 saturated carbocycles. The summed E-state index contributed by atoms with van der Waals surface area (Å²) in [4.78, 5) is 29.3. The van der Waals surface area contributed by atoms with Gasteiger partial charge in [-0.3, -0.25) is 14.5 Å². The van der Waals surface area contributed by atoms with Crippen LogP contribution in [0.4, 0.5) is 5.13 Å². The van der Waals surface area contributed by atoms with Gasteiger partial charge < -0.3 is 18.6 Å². The van der Waals surface area contributed by atoms with Gasteiger partial charge in [0, 0.05) is 6.42 Å². The number of aryl methyl sites for hydroxylation is 3. The normalized spacial score (nSPS) is 14.8. The lowest BCUT2D eigenvalue weighted by Gasteiger charge is -2.24. The van der Waals surface area contributed by atoms with Gasteiger partial charge in [-0.25, -0.2) is 0 Å². The predicted molar refractivity (Wildman–Crippen MR) is 141 cm³/mol. The van der Waals surface area contributed by atoms with Crippen molar-refractivity contribution < 1.29 is 23.4 Å². The fourth-order valence-corrected chi connectivity index (χ4v) is 5.62. The second-order valence-electron chi connectivity index (χ2n) is 8.87. The zero-order chi connectivity index (χ0) is 26.4. The minimum atomic E-state index is -0.833. The highest BCUT2D eigenvalue weighted by Crippen LogP contribution is 2.47. The van der Waals surface area contributed by atoms with E-state index in [1.54, 1.807) is 24.3 Å². The molecule has 0 aliphatic carbocycles. The first-order chi connectivity index (χ1) is 17.8. The Morgan fingerprint density at radius 2 is 1.65 bits per heavy atom. The molecule has 1 amide bonds. The van der Waals surface area contributed by atoms with Gasteiger partial charge in [-0.1, -0.05) is 18.3 Å². The highest BCUT2D eigenvalue weighted by molar-refractivity contribution is 7.15. The van der Waals surface area contributed by atoms with Crippen LogP contribution in [-0.4, -0.2) is 37.4 Å². The molecule has 2 aromatic heterocycles. The van der Waals surface area contributed by atoms with E-state index in [1.807, 2.05) is 13.8 Å². The molecule has 0 bridgehead atoms. The average Bonchev–Trinajstić information content (AvgIpc) is 3.46. The molecule has 4 aromatic rings. The number of amides is 1. The topological polar surface area (TPSA) is 104 Å². The van der Waals surface area contributed by atoms with Gasteiger partial charge >= 0.3 is 0 Å². The molecule has 1 aliphatic rings. The summed E-state index contributed by atoms with van der Waals surface area (Å²) < 4.78 is 22.7. The lowest BCUT2D eigenvalue weighted by molar-refractivity contribution is 0.0970. The van der Waals surface area contributed by atoms with E-state index in [4.69, 9.17) is 18.6 Å². The third kappa shape index (κ3) is 3.92. The summed E-state index contributed by atoms with van der Waals surface area (Å²) in [6, 6.07) is 6.24. The number of anilines is 1. The Bertz CT molecular complexity index is 1570. The maximum Gasteiger partial charge on any atom is 0.297 e. The van der Waals surface area contributed by atoms with E-state index >= 15 is 0 Å². The average molecular weight is 522 g/mol. The minimum absolute atomic E-state index is 0.00764. The fourth-order valence-electron chi connectivity index (χ4n) is 4.66. The molecule has 192 valence electrons.